The van der Waals surface area contributed by atoms with Crippen LogP contribution in [-0.4, -0.2) is 62.8 Å². The molecule has 2 unspecified atom stereocenters. The lowest BCUT2D eigenvalue weighted by Gasteiger charge is -2.20. The molecule has 2 aliphatic rings. The van der Waals surface area contributed by atoms with Crippen molar-refractivity contribution in [3.63, 3.8) is 0 Å². The molecule has 2 saturated heterocycles. The maximum Gasteiger partial charge on any atom is 0.234 e. The smallest absolute Gasteiger partial charge is 0.234 e. The quantitative estimate of drug-likeness (QED) is 0.732. The lowest BCUT2D eigenvalue weighted by Crippen LogP contribution is -2.41. The molecule has 1 amide bonds. The van der Waals surface area contributed by atoms with E-state index in [1.807, 2.05) is 0 Å². The van der Waals surface area contributed by atoms with Crippen LogP contribution in [0.4, 0.5) is 0 Å². The maximum atomic E-state index is 11.9. The highest BCUT2D eigenvalue weighted by molar-refractivity contribution is 5.78. The van der Waals surface area contributed by atoms with Crippen molar-refractivity contribution in [3.05, 3.63) is 0 Å². The predicted molar refractivity (Wildman–Crippen MR) is 70.5 cm³/mol. The molecule has 2 heterocycles. The molecule has 0 aromatic heterocycles. The molecule has 2 fully saturated rings. The van der Waals surface area contributed by atoms with Gasteiger partial charge in [-0.15, -0.1) is 0 Å². The van der Waals surface area contributed by atoms with Crippen LogP contribution >= 0.6 is 0 Å². The van der Waals surface area contributed by atoms with Crippen molar-refractivity contribution < 1.29 is 9.53 Å². The number of amides is 1. The van der Waals surface area contributed by atoms with Gasteiger partial charge in [0.05, 0.1) is 12.6 Å². The van der Waals surface area contributed by atoms with Gasteiger partial charge in [0.2, 0.25) is 5.91 Å². The molecule has 18 heavy (non-hydrogen) atoms. The number of ether oxygens (including phenoxy) is 1. The van der Waals surface area contributed by atoms with E-state index in [1.165, 1.54) is 0 Å². The second kappa shape index (κ2) is 7.07. The van der Waals surface area contributed by atoms with E-state index in [4.69, 9.17) is 4.74 Å². The first kappa shape index (κ1) is 13.8. The van der Waals surface area contributed by atoms with E-state index in [1.54, 1.807) is 0 Å². The van der Waals surface area contributed by atoms with Crippen molar-refractivity contribution >= 4 is 5.91 Å². The van der Waals surface area contributed by atoms with Crippen LogP contribution < -0.4 is 10.6 Å². The molecule has 0 radical (unpaired) electrons. The van der Waals surface area contributed by atoms with Crippen LogP contribution in [0, 0.1) is 5.92 Å². The number of nitrogens with zero attached hydrogens (tertiary/aromatic N) is 1. The van der Waals surface area contributed by atoms with Crippen molar-refractivity contribution in [2.75, 3.05) is 45.9 Å². The lowest BCUT2D eigenvalue weighted by molar-refractivity contribution is -0.122. The topological polar surface area (TPSA) is 53.6 Å². The molecule has 5 heteroatoms. The molecule has 0 aromatic carbocycles. The summed E-state index contributed by atoms with van der Waals surface area (Å²) in [6.45, 7) is 8.25. The minimum absolute atomic E-state index is 0.149. The fourth-order valence-corrected chi connectivity index (χ4v) is 2.61. The zero-order valence-corrected chi connectivity index (χ0v) is 11.3. The van der Waals surface area contributed by atoms with Gasteiger partial charge in [-0.1, -0.05) is 0 Å². The molecule has 2 rings (SSSR count). The highest BCUT2D eigenvalue weighted by Crippen LogP contribution is 2.19. The summed E-state index contributed by atoms with van der Waals surface area (Å²) in [7, 11) is 0. The zero-order valence-electron chi connectivity index (χ0n) is 11.3. The summed E-state index contributed by atoms with van der Waals surface area (Å²) >= 11 is 0. The summed E-state index contributed by atoms with van der Waals surface area (Å²) in [5.41, 5.74) is 0. The lowest BCUT2D eigenvalue weighted by atomic mass is 10.0. The van der Waals surface area contributed by atoms with Crippen molar-refractivity contribution in [1.82, 2.24) is 15.5 Å². The molecule has 0 aromatic rings. The Balaban J connectivity index is 1.64. The van der Waals surface area contributed by atoms with Gasteiger partial charge in [-0.2, -0.15) is 0 Å². The van der Waals surface area contributed by atoms with E-state index in [-0.39, 0.29) is 12.0 Å². The highest BCUT2D eigenvalue weighted by Gasteiger charge is 2.24. The Hall–Kier alpha value is -0.650. The van der Waals surface area contributed by atoms with Crippen molar-refractivity contribution in [1.29, 1.82) is 0 Å². The number of nitrogens with one attached hydrogen (secondary N) is 2. The van der Waals surface area contributed by atoms with Gasteiger partial charge in [0, 0.05) is 32.2 Å². The normalized spacial score (nSPS) is 30.1. The SMILES string of the molecule is CC1OCCC1CNC(=O)CN1CCCNCC1. The summed E-state index contributed by atoms with van der Waals surface area (Å²) in [6.07, 6.45) is 2.48. The first-order valence-corrected chi connectivity index (χ1v) is 7.07. The zero-order chi connectivity index (χ0) is 12.8. The van der Waals surface area contributed by atoms with Crippen molar-refractivity contribution in [2.45, 2.75) is 25.9 Å². The summed E-state index contributed by atoms with van der Waals surface area (Å²) in [4.78, 5) is 14.1. The van der Waals surface area contributed by atoms with Crippen LogP contribution in [0.25, 0.3) is 0 Å². The highest BCUT2D eigenvalue weighted by atomic mass is 16.5. The maximum absolute atomic E-state index is 11.9. The molecule has 0 saturated carbocycles. The van der Waals surface area contributed by atoms with Crippen LogP contribution in [0.1, 0.15) is 19.8 Å². The number of hydrogen-bond acceptors (Lipinski definition) is 4. The second-order valence-corrected chi connectivity index (χ2v) is 5.31. The van der Waals surface area contributed by atoms with E-state index >= 15 is 0 Å². The van der Waals surface area contributed by atoms with Gasteiger partial charge in [0.1, 0.15) is 0 Å². The molecule has 5 nitrogen and oxygen atoms in total. The number of rotatable bonds is 4. The van der Waals surface area contributed by atoms with Crippen LogP contribution in [0.2, 0.25) is 0 Å². The second-order valence-electron chi connectivity index (χ2n) is 5.31. The Bertz CT molecular complexity index is 265. The van der Waals surface area contributed by atoms with E-state index in [0.29, 0.717) is 12.5 Å². The summed E-state index contributed by atoms with van der Waals surface area (Å²) in [6, 6.07) is 0. The van der Waals surface area contributed by atoms with Gasteiger partial charge in [0.25, 0.3) is 0 Å². The summed E-state index contributed by atoms with van der Waals surface area (Å²) in [5.74, 6) is 0.635. The molecular formula is C13H25N3O2. The van der Waals surface area contributed by atoms with Gasteiger partial charge in [-0.3, -0.25) is 9.69 Å². The Kier molecular flexibility index (Phi) is 5.41. The third-order valence-electron chi connectivity index (χ3n) is 3.89. The molecule has 0 aliphatic carbocycles. The Morgan fingerprint density at radius 3 is 3.11 bits per heavy atom. The monoisotopic (exact) mass is 255 g/mol. The van der Waals surface area contributed by atoms with Crippen LogP contribution in [0.3, 0.4) is 0 Å². The first-order valence-electron chi connectivity index (χ1n) is 7.07. The average molecular weight is 255 g/mol. The van der Waals surface area contributed by atoms with Gasteiger partial charge in [-0.05, 0) is 32.9 Å². The fraction of sp³-hybridized carbons (Fsp3) is 0.923. The van der Waals surface area contributed by atoms with Crippen molar-refractivity contribution in [2.24, 2.45) is 5.92 Å². The number of carbonyl (C=O) groups excluding carboxylic acids is 1. The van der Waals surface area contributed by atoms with Crippen LogP contribution in [0.5, 0.6) is 0 Å². The minimum atomic E-state index is 0.149. The largest absolute Gasteiger partial charge is 0.378 e. The Labute approximate surface area is 109 Å². The Morgan fingerprint density at radius 2 is 2.33 bits per heavy atom. The first-order chi connectivity index (χ1) is 8.75. The number of carbonyl (C=O) groups is 1. The van der Waals surface area contributed by atoms with E-state index in [0.717, 1.165) is 52.2 Å². The standard InChI is InChI=1S/C13H25N3O2/c1-11-12(3-8-18-11)9-15-13(17)10-16-6-2-4-14-5-7-16/h11-12,14H,2-10H2,1H3,(H,15,17). The van der Waals surface area contributed by atoms with Crippen molar-refractivity contribution in [3.8, 4) is 0 Å². The molecular weight excluding hydrogens is 230 g/mol. The molecule has 104 valence electrons. The fourth-order valence-electron chi connectivity index (χ4n) is 2.61. The Morgan fingerprint density at radius 1 is 1.44 bits per heavy atom. The third kappa shape index (κ3) is 4.23. The van der Waals surface area contributed by atoms with Gasteiger partial charge in [-0.25, -0.2) is 0 Å². The van der Waals surface area contributed by atoms with E-state index < -0.39 is 0 Å². The summed E-state index contributed by atoms with van der Waals surface area (Å²) < 4.78 is 5.49. The minimum Gasteiger partial charge on any atom is -0.378 e. The summed E-state index contributed by atoms with van der Waals surface area (Å²) in [5, 5.41) is 6.38. The average Bonchev–Trinajstić information content (AvgIpc) is 2.61. The molecule has 2 N–H and O–H groups in total. The van der Waals surface area contributed by atoms with E-state index in [9.17, 15) is 4.79 Å². The third-order valence-corrected chi connectivity index (χ3v) is 3.89. The predicted octanol–water partition coefficient (Wildman–Crippen LogP) is -0.177. The molecule has 0 spiro atoms. The van der Waals surface area contributed by atoms with Gasteiger partial charge >= 0.3 is 0 Å². The number of hydrogen-bond donors (Lipinski definition) is 2. The molecule has 0 bridgehead atoms. The van der Waals surface area contributed by atoms with Crippen LogP contribution in [0.15, 0.2) is 0 Å². The van der Waals surface area contributed by atoms with Gasteiger partial charge in [0.15, 0.2) is 0 Å². The van der Waals surface area contributed by atoms with Gasteiger partial charge < -0.3 is 15.4 Å². The molecule has 2 aliphatic heterocycles. The molecule has 2 atom stereocenters. The van der Waals surface area contributed by atoms with E-state index in [2.05, 4.69) is 22.5 Å². The van der Waals surface area contributed by atoms with Crippen LogP contribution in [-0.2, 0) is 9.53 Å².